The van der Waals surface area contributed by atoms with E-state index in [4.69, 9.17) is 0 Å². The van der Waals surface area contributed by atoms with Crippen molar-refractivity contribution in [3.8, 4) is 0 Å². The van der Waals surface area contributed by atoms with Gasteiger partial charge in [0.05, 0.1) is 0 Å². The Hall–Kier alpha value is -0.500. The van der Waals surface area contributed by atoms with Crippen LogP contribution in [-0.4, -0.2) is 6.04 Å². The van der Waals surface area contributed by atoms with Crippen LogP contribution < -0.4 is 5.32 Å². The molecule has 0 amide bonds. The van der Waals surface area contributed by atoms with E-state index in [1.807, 2.05) is 0 Å². The molecule has 94 valence electrons. The van der Waals surface area contributed by atoms with Crippen LogP contribution in [0.2, 0.25) is 0 Å². The van der Waals surface area contributed by atoms with Crippen LogP contribution in [-0.2, 0) is 0 Å². The standard InChI is InChI=1S/C15H22BrN/c1-10-7-12(16)8-11(2)14(10)17-13-5-6-15(3,4)9-13/h7-8,13,17H,5-6,9H2,1-4H3. The number of benzene rings is 1. The Labute approximate surface area is 113 Å². The predicted octanol–water partition coefficient (Wildman–Crippen LogP) is 5.06. The first-order valence-electron chi connectivity index (χ1n) is 6.41. The van der Waals surface area contributed by atoms with Crippen molar-refractivity contribution in [2.75, 3.05) is 5.32 Å². The maximum atomic E-state index is 3.74. The molecule has 0 aliphatic heterocycles. The minimum Gasteiger partial charge on any atom is -0.382 e. The number of halogens is 1. The Bertz CT molecular complexity index is 400. The lowest BCUT2D eigenvalue weighted by molar-refractivity contribution is 0.378. The minimum atomic E-state index is 0.509. The van der Waals surface area contributed by atoms with Gasteiger partial charge in [-0.3, -0.25) is 0 Å². The van der Waals surface area contributed by atoms with Gasteiger partial charge in [-0.25, -0.2) is 0 Å². The molecule has 2 heteroatoms. The summed E-state index contributed by atoms with van der Waals surface area (Å²) in [6, 6.07) is 5.02. The summed E-state index contributed by atoms with van der Waals surface area (Å²) in [5, 5.41) is 3.74. The third-order valence-electron chi connectivity index (χ3n) is 3.81. The van der Waals surface area contributed by atoms with Crippen LogP contribution in [0, 0.1) is 19.3 Å². The van der Waals surface area contributed by atoms with Gasteiger partial charge in [-0.05, 0) is 61.8 Å². The molecule has 0 radical (unpaired) electrons. The Morgan fingerprint density at radius 1 is 1.24 bits per heavy atom. The summed E-state index contributed by atoms with van der Waals surface area (Å²) in [6.45, 7) is 9.10. The van der Waals surface area contributed by atoms with E-state index in [1.54, 1.807) is 0 Å². The van der Waals surface area contributed by atoms with Crippen LogP contribution in [0.25, 0.3) is 0 Å². The molecule has 1 saturated carbocycles. The van der Waals surface area contributed by atoms with E-state index in [-0.39, 0.29) is 0 Å². The van der Waals surface area contributed by atoms with E-state index in [1.165, 1.54) is 40.5 Å². The molecule has 0 heterocycles. The number of aryl methyl sites for hydroxylation is 2. The molecule has 17 heavy (non-hydrogen) atoms. The Morgan fingerprint density at radius 2 is 1.82 bits per heavy atom. The van der Waals surface area contributed by atoms with Gasteiger partial charge < -0.3 is 5.32 Å². The summed E-state index contributed by atoms with van der Waals surface area (Å²) < 4.78 is 1.17. The van der Waals surface area contributed by atoms with Gasteiger partial charge in [0.15, 0.2) is 0 Å². The van der Waals surface area contributed by atoms with E-state index in [0.29, 0.717) is 11.5 Å². The maximum absolute atomic E-state index is 3.74. The second-order valence-corrected chi connectivity index (χ2v) is 7.08. The van der Waals surface area contributed by atoms with Crippen LogP contribution in [0.1, 0.15) is 44.2 Å². The lowest BCUT2D eigenvalue weighted by atomic mass is 9.92. The molecular formula is C15H22BrN. The fourth-order valence-corrected chi connectivity index (χ4v) is 3.59. The Kier molecular flexibility index (Phi) is 3.53. The van der Waals surface area contributed by atoms with Crippen LogP contribution in [0.4, 0.5) is 5.69 Å². The average molecular weight is 296 g/mol. The Balaban J connectivity index is 2.15. The van der Waals surface area contributed by atoms with Crippen molar-refractivity contribution >= 4 is 21.6 Å². The minimum absolute atomic E-state index is 0.509. The highest BCUT2D eigenvalue weighted by Gasteiger charge is 2.31. The lowest BCUT2D eigenvalue weighted by Gasteiger charge is -2.21. The monoisotopic (exact) mass is 295 g/mol. The van der Waals surface area contributed by atoms with E-state index in [9.17, 15) is 0 Å². The van der Waals surface area contributed by atoms with Gasteiger partial charge in [0.25, 0.3) is 0 Å². The lowest BCUT2D eigenvalue weighted by Crippen LogP contribution is -2.18. The molecule has 0 spiro atoms. The van der Waals surface area contributed by atoms with Crippen LogP contribution in [0.15, 0.2) is 16.6 Å². The molecule has 1 fully saturated rings. The topological polar surface area (TPSA) is 12.0 Å². The zero-order valence-corrected chi connectivity index (χ0v) is 12.8. The van der Waals surface area contributed by atoms with E-state index in [2.05, 4.69) is 61.1 Å². The second kappa shape index (κ2) is 4.64. The van der Waals surface area contributed by atoms with Crippen molar-refractivity contribution in [1.29, 1.82) is 0 Å². The molecule has 1 atom stereocenters. The fourth-order valence-electron chi connectivity index (χ4n) is 2.90. The summed E-state index contributed by atoms with van der Waals surface area (Å²) >= 11 is 3.55. The van der Waals surface area contributed by atoms with Crippen LogP contribution >= 0.6 is 15.9 Å². The number of hydrogen-bond acceptors (Lipinski definition) is 1. The number of nitrogens with one attached hydrogen (secondary N) is 1. The summed E-state index contributed by atoms with van der Waals surface area (Å²) in [4.78, 5) is 0. The van der Waals surface area contributed by atoms with Crippen LogP contribution in [0.3, 0.4) is 0 Å². The van der Waals surface area contributed by atoms with Crippen LogP contribution in [0.5, 0.6) is 0 Å². The van der Waals surface area contributed by atoms with Gasteiger partial charge in [0, 0.05) is 16.2 Å². The van der Waals surface area contributed by atoms with Gasteiger partial charge >= 0.3 is 0 Å². The molecule has 1 nitrogen and oxygen atoms in total. The highest BCUT2D eigenvalue weighted by atomic mass is 79.9. The molecule has 0 saturated heterocycles. The van der Waals surface area contributed by atoms with Crippen molar-refractivity contribution in [2.45, 2.75) is 53.0 Å². The van der Waals surface area contributed by atoms with Gasteiger partial charge in [-0.1, -0.05) is 29.8 Å². The highest BCUT2D eigenvalue weighted by molar-refractivity contribution is 9.10. The summed E-state index contributed by atoms with van der Waals surface area (Å²) in [7, 11) is 0. The number of anilines is 1. The predicted molar refractivity (Wildman–Crippen MR) is 78.7 cm³/mol. The number of hydrogen-bond donors (Lipinski definition) is 1. The molecule has 2 rings (SSSR count). The smallest absolute Gasteiger partial charge is 0.0402 e. The second-order valence-electron chi connectivity index (χ2n) is 6.16. The normalized spacial score (nSPS) is 22.8. The SMILES string of the molecule is Cc1cc(Br)cc(C)c1NC1CCC(C)(C)C1. The summed E-state index contributed by atoms with van der Waals surface area (Å²) in [6.07, 6.45) is 3.91. The highest BCUT2D eigenvalue weighted by Crippen LogP contribution is 2.39. The molecule has 1 N–H and O–H groups in total. The van der Waals surface area contributed by atoms with Crippen molar-refractivity contribution in [1.82, 2.24) is 0 Å². The molecule has 0 aromatic heterocycles. The van der Waals surface area contributed by atoms with Gasteiger partial charge in [-0.15, -0.1) is 0 Å². The third kappa shape index (κ3) is 3.04. The largest absolute Gasteiger partial charge is 0.382 e. The zero-order valence-electron chi connectivity index (χ0n) is 11.2. The zero-order chi connectivity index (χ0) is 12.6. The maximum Gasteiger partial charge on any atom is 0.0402 e. The molecule has 1 unspecified atom stereocenters. The van der Waals surface area contributed by atoms with Crippen molar-refractivity contribution < 1.29 is 0 Å². The van der Waals surface area contributed by atoms with E-state index >= 15 is 0 Å². The van der Waals surface area contributed by atoms with Gasteiger partial charge in [0.2, 0.25) is 0 Å². The first-order valence-corrected chi connectivity index (χ1v) is 7.20. The Morgan fingerprint density at radius 3 is 2.29 bits per heavy atom. The van der Waals surface area contributed by atoms with E-state index < -0.39 is 0 Å². The number of rotatable bonds is 2. The van der Waals surface area contributed by atoms with Gasteiger partial charge in [0.1, 0.15) is 0 Å². The van der Waals surface area contributed by atoms with E-state index in [0.717, 1.165) is 0 Å². The molecule has 0 bridgehead atoms. The fraction of sp³-hybridized carbons (Fsp3) is 0.600. The molecule has 1 aliphatic carbocycles. The molecule has 1 aromatic rings. The molecular weight excluding hydrogens is 274 g/mol. The summed E-state index contributed by atoms with van der Waals surface area (Å²) in [5.41, 5.74) is 4.51. The molecule has 1 aliphatic rings. The average Bonchev–Trinajstić information content (AvgIpc) is 2.52. The first-order chi connectivity index (χ1) is 7.87. The molecule has 1 aromatic carbocycles. The van der Waals surface area contributed by atoms with Gasteiger partial charge in [-0.2, -0.15) is 0 Å². The first kappa shape index (κ1) is 12.9. The quantitative estimate of drug-likeness (QED) is 0.804. The van der Waals surface area contributed by atoms with Crippen molar-refractivity contribution in [2.24, 2.45) is 5.41 Å². The summed E-state index contributed by atoms with van der Waals surface area (Å²) in [5.74, 6) is 0. The third-order valence-corrected chi connectivity index (χ3v) is 4.27. The van der Waals surface area contributed by atoms with Crippen molar-refractivity contribution in [3.05, 3.63) is 27.7 Å². The van der Waals surface area contributed by atoms with Crippen molar-refractivity contribution in [3.63, 3.8) is 0 Å².